The summed E-state index contributed by atoms with van der Waals surface area (Å²) in [6.45, 7) is 6.39. The van der Waals surface area contributed by atoms with E-state index in [0.717, 1.165) is 75.1 Å². The molecule has 7 heteroatoms. The summed E-state index contributed by atoms with van der Waals surface area (Å²) in [5.74, 6) is 2.26. The summed E-state index contributed by atoms with van der Waals surface area (Å²) in [4.78, 5) is 19.3. The van der Waals surface area contributed by atoms with Crippen LogP contribution in [-0.4, -0.2) is 73.1 Å². The lowest BCUT2D eigenvalue weighted by atomic mass is 10.1. The monoisotopic (exact) mass is 444 g/mol. The summed E-state index contributed by atoms with van der Waals surface area (Å²) in [6, 6.07) is 16.4. The molecule has 0 unspecified atom stereocenters. The molecule has 2 aliphatic heterocycles. The zero-order valence-electron chi connectivity index (χ0n) is 17.2. The van der Waals surface area contributed by atoms with Gasteiger partial charge < -0.3 is 15.1 Å². The Hall–Kier alpha value is -1.89. The molecule has 2 aromatic rings. The Balaban J connectivity index is 1.25. The van der Waals surface area contributed by atoms with Gasteiger partial charge in [-0.25, -0.2) is 4.79 Å². The van der Waals surface area contributed by atoms with E-state index in [4.69, 9.17) is 11.6 Å². The molecular formula is C23H29ClN4OS. The second-order valence-electron chi connectivity index (χ2n) is 7.76. The van der Waals surface area contributed by atoms with Crippen LogP contribution >= 0.6 is 23.4 Å². The van der Waals surface area contributed by atoms with Gasteiger partial charge in [0.25, 0.3) is 0 Å². The molecule has 0 aromatic heterocycles. The van der Waals surface area contributed by atoms with Crippen molar-refractivity contribution in [3.8, 4) is 0 Å². The molecule has 0 atom stereocenters. The standard InChI is InChI=1S/C23H29ClN4OS/c24-21-18-20(6-7-22(21)27-14-16-30-17-15-27)25-23(29)28-12-10-26(11-13-28)9-8-19-4-2-1-3-5-19/h1-7,18H,8-17H2,(H,25,29). The van der Waals surface area contributed by atoms with Crippen LogP contribution in [0.1, 0.15) is 5.56 Å². The molecule has 0 radical (unpaired) electrons. The third kappa shape index (κ3) is 5.62. The van der Waals surface area contributed by atoms with E-state index >= 15 is 0 Å². The van der Waals surface area contributed by atoms with Crippen LogP contribution < -0.4 is 10.2 Å². The number of rotatable bonds is 5. The van der Waals surface area contributed by atoms with Crippen LogP contribution in [0.4, 0.5) is 16.2 Å². The molecule has 2 amide bonds. The average Bonchev–Trinajstić information content (AvgIpc) is 2.79. The van der Waals surface area contributed by atoms with Crippen molar-refractivity contribution < 1.29 is 4.79 Å². The number of piperazine rings is 1. The highest BCUT2D eigenvalue weighted by Gasteiger charge is 2.21. The minimum Gasteiger partial charge on any atom is -0.369 e. The van der Waals surface area contributed by atoms with Gasteiger partial charge >= 0.3 is 6.03 Å². The highest BCUT2D eigenvalue weighted by molar-refractivity contribution is 7.99. The van der Waals surface area contributed by atoms with Gasteiger partial charge in [0.2, 0.25) is 0 Å². The van der Waals surface area contributed by atoms with Gasteiger partial charge in [-0.05, 0) is 30.2 Å². The first-order valence-corrected chi connectivity index (χ1v) is 12.2. The number of nitrogens with zero attached hydrogens (tertiary/aromatic N) is 3. The number of amides is 2. The fourth-order valence-electron chi connectivity index (χ4n) is 3.95. The quantitative estimate of drug-likeness (QED) is 0.746. The molecule has 1 N–H and O–H groups in total. The second kappa shape index (κ2) is 10.4. The molecule has 160 valence electrons. The fourth-order valence-corrected chi connectivity index (χ4v) is 5.16. The molecule has 2 saturated heterocycles. The summed E-state index contributed by atoms with van der Waals surface area (Å²) in [5.41, 5.74) is 3.18. The maximum atomic E-state index is 12.7. The van der Waals surface area contributed by atoms with Crippen LogP contribution in [0.2, 0.25) is 5.02 Å². The summed E-state index contributed by atoms with van der Waals surface area (Å²) < 4.78 is 0. The van der Waals surface area contributed by atoms with Crippen molar-refractivity contribution >= 4 is 40.8 Å². The third-order valence-corrected chi connectivity index (χ3v) is 7.01. The molecule has 2 heterocycles. The largest absolute Gasteiger partial charge is 0.369 e. The maximum absolute atomic E-state index is 12.7. The minimum absolute atomic E-state index is 0.0455. The number of carbonyl (C=O) groups excluding carboxylic acids is 1. The number of thioether (sulfide) groups is 1. The first-order chi connectivity index (χ1) is 14.7. The third-order valence-electron chi connectivity index (χ3n) is 5.77. The normalized spacial score (nSPS) is 17.8. The Kier molecular flexibility index (Phi) is 7.42. The van der Waals surface area contributed by atoms with Crippen molar-refractivity contribution in [2.24, 2.45) is 0 Å². The van der Waals surface area contributed by atoms with Crippen LogP contribution in [0.3, 0.4) is 0 Å². The van der Waals surface area contributed by atoms with Crippen LogP contribution in [0.15, 0.2) is 48.5 Å². The van der Waals surface area contributed by atoms with Gasteiger partial charge in [-0.2, -0.15) is 11.8 Å². The molecule has 2 aliphatic rings. The Morgan fingerprint density at radius 1 is 0.967 bits per heavy atom. The van der Waals surface area contributed by atoms with Crippen molar-refractivity contribution in [2.45, 2.75) is 6.42 Å². The second-order valence-corrected chi connectivity index (χ2v) is 9.39. The van der Waals surface area contributed by atoms with Crippen molar-refractivity contribution in [1.29, 1.82) is 0 Å². The van der Waals surface area contributed by atoms with E-state index in [1.54, 1.807) is 0 Å². The number of benzene rings is 2. The van der Waals surface area contributed by atoms with E-state index in [-0.39, 0.29) is 6.03 Å². The lowest BCUT2D eigenvalue weighted by Crippen LogP contribution is -2.50. The number of nitrogens with one attached hydrogen (secondary N) is 1. The van der Waals surface area contributed by atoms with E-state index in [9.17, 15) is 4.79 Å². The number of hydrogen-bond donors (Lipinski definition) is 1. The molecule has 2 fully saturated rings. The van der Waals surface area contributed by atoms with E-state index in [0.29, 0.717) is 5.02 Å². The van der Waals surface area contributed by atoms with E-state index in [1.165, 1.54) is 5.56 Å². The van der Waals surface area contributed by atoms with Crippen LogP contribution in [-0.2, 0) is 6.42 Å². The fraction of sp³-hybridized carbons (Fsp3) is 0.435. The van der Waals surface area contributed by atoms with Gasteiger partial charge in [0.1, 0.15) is 0 Å². The van der Waals surface area contributed by atoms with Gasteiger partial charge in [-0.1, -0.05) is 41.9 Å². The predicted molar refractivity (Wildman–Crippen MR) is 128 cm³/mol. The van der Waals surface area contributed by atoms with Crippen molar-refractivity contribution in [3.63, 3.8) is 0 Å². The predicted octanol–water partition coefficient (Wildman–Crippen LogP) is 4.29. The lowest BCUT2D eigenvalue weighted by molar-refractivity contribution is 0.148. The highest BCUT2D eigenvalue weighted by atomic mass is 35.5. The topological polar surface area (TPSA) is 38.8 Å². The Morgan fingerprint density at radius 3 is 2.40 bits per heavy atom. The number of urea groups is 1. The molecular weight excluding hydrogens is 416 g/mol. The summed E-state index contributed by atoms with van der Waals surface area (Å²) >= 11 is 8.49. The molecule has 30 heavy (non-hydrogen) atoms. The molecule has 0 bridgehead atoms. The molecule has 4 rings (SSSR count). The molecule has 0 saturated carbocycles. The SMILES string of the molecule is O=C(Nc1ccc(N2CCSCC2)c(Cl)c1)N1CCN(CCc2ccccc2)CC1. The minimum atomic E-state index is -0.0455. The van der Waals surface area contributed by atoms with Gasteiger partial charge in [0.05, 0.1) is 10.7 Å². The highest BCUT2D eigenvalue weighted by Crippen LogP contribution is 2.30. The molecule has 0 aliphatic carbocycles. The number of anilines is 2. The van der Waals surface area contributed by atoms with Gasteiger partial charge in [0.15, 0.2) is 0 Å². The lowest BCUT2D eigenvalue weighted by Gasteiger charge is -2.34. The number of halogens is 1. The Morgan fingerprint density at radius 2 is 1.70 bits per heavy atom. The van der Waals surface area contributed by atoms with Crippen molar-refractivity contribution in [2.75, 3.05) is 67.5 Å². The first-order valence-electron chi connectivity index (χ1n) is 10.6. The summed E-state index contributed by atoms with van der Waals surface area (Å²) in [6.07, 6.45) is 1.05. The summed E-state index contributed by atoms with van der Waals surface area (Å²) in [5, 5.41) is 3.72. The zero-order chi connectivity index (χ0) is 20.8. The van der Waals surface area contributed by atoms with E-state index in [2.05, 4.69) is 45.4 Å². The van der Waals surface area contributed by atoms with E-state index in [1.807, 2.05) is 34.9 Å². The Labute approximate surface area is 188 Å². The maximum Gasteiger partial charge on any atom is 0.321 e. The van der Waals surface area contributed by atoms with Gasteiger partial charge in [-0.15, -0.1) is 0 Å². The van der Waals surface area contributed by atoms with E-state index < -0.39 is 0 Å². The van der Waals surface area contributed by atoms with Crippen molar-refractivity contribution in [1.82, 2.24) is 9.80 Å². The van der Waals surface area contributed by atoms with Crippen LogP contribution in [0, 0.1) is 0 Å². The average molecular weight is 445 g/mol. The van der Waals surface area contributed by atoms with Gasteiger partial charge in [-0.3, -0.25) is 4.90 Å². The van der Waals surface area contributed by atoms with Crippen LogP contribution in [0.25, 0.3) is 0 Å². The van der Waals surface area contributed by atoms with Crippen molar-refractivity contribution in [3.05, 3.63) is 59.1 Å². The Bertz CT molecular complexity index is 836. The molecule has 0 spiro atoms. The van der Waals surface area contributed by atoms with Gasteiger partial charge in [0, 0.05) is 63.0 Å². The van der Waals surface area contributed by atoms with Crippen LogP contribution in [0.5, 0.6) is 0 Å². The number of hydrogen-bond acceptors (Lipinski definition) is 4. The smallest absolute Gasteiger partial charge is 0.321 e. The zero-order valence-corrected chi connectivity index (χ0v) is 18.8. The molecule has 2 aromatic carbocycles. The molecule has 5 nitrogen and oxygen atoms in total. The number of carbonyl (C=O) groups is 1. The summed E-state index contributed by atoms with van der Waals surface area (Å²) in [7, 11) is 0. The first kappa shape index (κ1) is 21.3.